The topological polar surface area (TPSA) is 77.8 Å². The highest BCUT2D eigenvalue weighted by Crippen LogP contribution is 2.34. The molecule has 3 N–H and O–H groups in total. The van der Waals surface area contributed by atoms with Crippen LogP contribution < -0.4 is 0 Å². The average molecular weight is 238 g/mol. The third kappa shape index (κ3) is 2.90. The van der Waals surface area contributed by atoms with Crippen LogP contribution in [0.1, 0.15) is 47.7 Å². The van der Waals surface area contributed by atoms with E-state index in [1.165, 1.54) is 6.07 Å². The fraction of sp³-hybridized carbons (Fsp3) is 0.462. The molecule has 0 spiro atoms. The van der Waals surface area contributed by atoms with Gasteiger partial charge in [-0.3, -0.25) is 0 Å². The molecule has 4 nitrogen and oxygen atoms in total. The number of carbonyl (C=O) groups is 1. The molecule has 0 atom stereocenters. The monoisotopic (exact) mass is 238 g/mol. The van der Waals surface area contributed by atoms with Gasteiger partial charge in [0.25, 0.3) is 0 Å². The van der Waals surface area contributed by atoms with Crippen molar-refractivity contribution in [2.24, 2.45) is 0 Å². The maximum atomic E-state index is 11.1. The summed E-state index contributed by atoms with van der Waals surface area (Å²) < 4.78 is 0. The first-order chi connectivity index (χ1) is 7.99. The molecule has 1 aromatic carbocycles. The predicted molar refractivity (Wildman–Crippen MR) is 64.7 cm³/mol. The number of benzene rings is 1. The number of aromatic hydroxyl groups is 2. The van der Waals surface area contributed by atoms with Gasteiger partial charge in [-0.05, 0) is 37.0 Å². The Bertz CT molecular complexity index is 424. The molecule has 0 bridgehead atoms. The van der Waals surface area contributed by atoms with Crippen molar-refractivity contribution < 1.29 is 20.1 Å². The number of unbranched alkanes of at least 4 members (excludes halogenated alkanes) is 2. The van der Waals surface area contributed by atoms with Crippen LogP contribution in [0.2, 0.25) is 0 Å². The molecule has 4 heteroatoms. The lowest BCUT2D eigenvalue weighted by Crippen LogP contribution is -2.05. The number of aryl methyl sites for hydroxylation is 1. The number of aromatic carboxylic acids is 1. The highest BCUT2D eigenvalue weighted by Gasteiger charge is 2.20. The Labute approximate surface area is 101 Å². The molecule has 17 heavy (non-hydrogen) atoms. The first-order valence-electron chi connectivity index (χ1n) is 5.76. The second kappa shape index (κ2) is 5.57. The molecule has 0 saturated carbocycles. The first-order valence-corrected chi connectivity index (χ1v) is 5.76. The fourth-order valence-electron chi connectivity index (χ4n) is 1.93. The summed E-state index contributed by atoms with van der Waals surface area (Å²) in [6.45, 7) is 3.81. The molecule has 0 aliphatic carbocycles. The van der Waals surface area contributed by atoms with E-state index in [-0.39, 0.29) is 11.3 Å². The van der Waals surface area contributed by atoms with E-state index in [1.807, 2.05) is 0 Å². The summed E-state index contributed by atoms with van der Waals surface area (Å²) >= 11 is 0. The Kier molecular flexibility index (Phi) is 4.37. The smallest absolute Gasteiger partial charge is 0.339 e. The van der Waals surface area contributed by atoms with E-state index < -0.39 is 11.7 Å². The van der Waals surface area contributed by atoms with Crippen LogP contribution >= 0.6 is 0 Å². The largest absolute Gasteiger partial charge is 0.504 e. The molecular formula is C13H18O4. The predicted octanol–water partition coefficient (Wildman–Crippen LogP) is 2.84. The Morgan fingerprint density at radius 3 is 2.47 bits per heavy atom. The number of carboxylic acids is 1. The van der Waals surface area contributed by atoms with Crippen LogP contribution in [0.3, 0.4) is 0 Å². The van der Waals surface area contributed by atoms with E-state index >= 15 is 0 Å². The summed E-state index contributed by atoms with van der Waals surface area (Å²) in [4.78, 5) is 11.1. The molecule has 1 aromatic rings. The molecule has 0 aliphatic rings. The van der Waals surface area contributed by atoms with Gasteiger partial charge in [0, 0.05) is 0 Å². The van der Waals surface area contributed by atoms with Gasteiger partial charge in [0.2, 0.25) is 0 Å². The summed E-state index contributed by atoms with van der Waals surface area (Å²) in [5, 5.41) is 28.1. The van der Waals surface area contributed by atoms with Crippen molar-refractivity contribution in [1.82, 2.24) is 0 Å². The molecule has 0 aliphatic heterocycles. The summed E-state index contributed by atoms with van der Waals surface area (Å²) in [5.74, 6) is -2.11. The Morgan fingerprint density at radius 1 is 1.29 bits per heavy atom. The molecule has 0 radical (unpaired) electrons. The van der Waals surface area contributed by atoms with E-state index in [0.29, 0.717) is 17.5 Å². The quantitative estimate of drug-likeness (QED) is 0.544. The minimum atomic E-state index is -1.20. The molecule has 0 amide bonds. The second-order valence-electron chi connectivity index (χ2n) is 4.18. The van der Waals surface area contributed by atoms with Crippen molar-refractivity contribution in [3.63, 3.8) is 0 Å². The maximum absolute atomic E-state index is 11.1. The van der Waals surface area contributed by atoms with Gasteiger partial charge in [0.1, 0.15) is 5.56 Å². The van der Waals surface area contributed by atoms with Gasteiger partial charge in [-0.25, -0.2) is 4.79 Å². The van der Waals surface area contributed by atoms with Crippen molar-refractivity contribution in [3.8, 4) is 11.5 Å². The standard InChI is InChI=1S/C13H18O4/c1-3-4-5-6-9-8(2)7-10(14)12(15)11(9)13(16)17/h7,14-15H,3-6H2,1-2H3,(H,16,17). The maximum Gasteiger partial charge on any atom is 0.339 e. The van der Waals surface area contributed by atoms with Crippen LogP contribution in [-0.2, 0) is 6.42 Å². The lowest BCUT2D eigenvalue weighted by molar-refractivity contribution is 0.0691. The molecule has 0 fully saturated rings. The summed E-state index contributed by atoms with van der Waals surface area (Å²) in [7, 11) is 0. The van der Waals surface area contributed by atoms with E-state index in [4.69, 9.17) is 5.11 Å². The van der Waals surface area contributed by atoms with Crippen molar-refractivity contribution in [2.75, 3.05) is 0 Å². The summed E-state index contributed by atoms with van der Waals surface area (Å²) in [6.07, 6.45) is 3.54. The number of phenolic OH excluding ortho intramolecular Hbond substituents is 1. The molecule has 0 unspecified atom stereocenters. The Morgan fingerprint density at radius 2 is 1.94 bits per heavy atom. The molecule has 1 rings (SSSR count). The fourth-order valence-corrected chi connectivity index (χ4v) is 1.93. The zero-order valence-corrected chi connectivity index (χ0v) is 10.2. The summed E-state index contributed by atoms with van der Waals surface area (Å²) in [6, 6.07) is 1.41. The molecular weight excluding hydrogens is 220 g/mol. The number of rotatable bonds is 5. The number of carboxylic acid groups (broad SMARTS) is 1. The van der Waals surface area contributed by atoms with E-state index in [2.05, 4.69) is 6.92 Å². The molecule has 0 aromatic heterocycles. The lowest BCUT2D eigenvalue weighted by atomic mass is 9.95. The van der Waals surface area contributed by atoms with E-state index in [1.54, 1.807) is 6.92 Å². The third-order valence-corrected chi connectivity index (χ3v) is 2.85. The normalized spacial score (nSPS) is 10.5. The van der Waals surface area contributed by atoms with Gasteiger partial charge in [-0.2, -0.15) is 0 Å². The van der Waals surface area contributed by atoms with Crippen LogP contribution in [0.5, 0.6) is 11.5 Å². The van der Waals surface area contributed by atoms with Crippen molar-refractivity contribution in [2.45, 2.75) is 39.5 Å². The van der Waals surface area contributed by atoms with Crippen molar-refractivity contribution >= 4 is 5.97 Å². The highest BCUT2D eigenvalue weighted by atomic mass is 16.4. The van der Waals surface area contributed by atoms with Gasteiger partial charge < -0.3 is 15.3 Å². The lowest BCUT2D eigenvalue weighted by Gasteiger charge is -2.12. The number of phenols is 2. The van der Waals surface area contributed by atoms with Crippen molar-refractivity contribution in [1.29, 1.82) is 0 Å². The molecule has 94 valence electrons. The zero-order chi connectivity index (χ0) is 13.0. The number of hydrogen-bond acceptors (Lipinski definition) is 3. The van der Waals surface area contributed by atoms with Crippen LogP contribution in [0.25, 0.3) is 0 Å². The van der Waals surface area contributed by atoms with E-state index in [0.717, 1.165) is 19.3 Å². The average Bonchev–Trinajstić information content (AvgIpc) is 2.25. The third-order valence-electron chi connectivity index (χ3n) is 2.85. The van der Waals surface area contributed by atoms with Crippen LogP contribution in [-0.4, -0.2) is 21.3 Å². The minimum Gasteiger partial charge on any atom is -0.504 e. The summed E-state index contributed by atoms with van der Waals surface area (Å²) in [5.41, 5.74) is 1.15. The van der Waals surface area contributed by atoms with E-state index in [9.17, 15) is 15.0 Å². The van der Waals surface area contributed by atoms with Crippen LogP contribution in [0, 0.1) is 6.92 Å². The van der Waals surface area contributed by atoms with Gasteiger partial charge in [-0.15, -0.1) is 0 Å². The first kappa shape index (κ1) is 13.4. The van der Waals surface area contributed by atoms with Crippen LogP contribution in [0.15, 0.2) is 6.07 Å². The Balaban J connectivity index is 3.17. The minimum absolute atomic E-state index is 0.168. The second-order valence-corrected chi connectivity index (χ2v) is 4.18. The van der Waals surface area contributed by atoms with Crippen LogP contribution in [0.4, 0.5) is 0 Å². The van der Waals surface area contributed by atoms with Gasteiger partial charge >= 0.3 is 5.97 Å². The molecule has 0 saturated heterocycles. The molecule has 0 heterocycles. The van der Waals surface area contributed by atoms with Gasteiger partial charge in [0.15, 0.2) is 11.5 Å². The number of hydrogen-bond donors (Lipinski definition) is 3. The van der Waals surface area contributed by atoms with Gasteiger partial charge in [-0.1, -0.05) is 19.8 Å². The Hall–Kier alpha value is -1.71. The van der Waals surface area contributed by atoms with Gasteiger partial charge in [0.05, 0.1) is 0 Å². The zero-order valence-electron chi connectivity index (χ0n) is 10.2. The van der Waals surface area contributed by atoms with Crippen molar-refractivity contribution in [3.05, 3.63) is 22.8 Å². The SMILES string of the molecule is CCCCCc1c(C)cc(O)c(O)c1C(=O)O. The highest BCUT2D eigenvalue weighted by molar-refractivity contribution is 5.94.